The predicted molar refractivity (Wildman–Crippen MR) is 101 cm³/mol. The first kappa shape index (κ1) is 19.5. The van der Waals surface area contributed by atoms with Crippen LogP contribution >= 0.6 is 0 Å². The fraction of sp³-hybridized carbons (Fsp3) is 0.944. The first-order valence-corrected chi connectivity index (χ1v) is 11.3. The highest BCUT2D eigenvalue weighted by molar-refractivity contribution is 7.92. The highest BCUT2D eigenvalue weighted by Gasteiger charge is 2.40. The van der Waals surface area contributed by atoms with Crippen molar-refractivity contribution in [3.05, 3.63) is 0 Å². The van der Waals surface area contributed by atoms with Crippen molar-refractivity contribution in [2.24, 2.45) is 10.9 Å². The summed E-state index contributed by atoms with van der Waals surface area (Å²) >= 11 is 0. The molecule has 24 heavy (non-hydrogen) atoms. The van der Waals surface area contributed by atoms with Gasteiger partial charge in [0.15, 0.2) is 15.8 Å². The molecule has 0 amide bonds. The van der Waals surface area contributed by atoms with Gasteiger partial charge in [0.1, 0.15) is 0 Å². The van der Waals surface area contributed by atoms with Crippen LogP contribution in [0, 0.1) is 5.92 Å². The van der Waals surface area contributed by atoms with E-state index in [1.165, 1.54) is 38.5 Å². The van der Waals surface area contributed by atoms with Gasteiger partial charge in [-0.25, -0.2) is 8.42 Å². The Balaban J connectivity index is 1.88. The number of hydrogen-bond acceptors (Lipinski definition) is 3. The fourth-order valence-corrected chi connectivity index (χ4v) is 5.16. The zero-order valence-corrected chi connectivity index (χ0v) is 16.5. The maximum absolute atomic E-state index is 12.2. The molecule has 0 bridgehead atoms. The molecule has 0 radical (unpaired) electrons. The standard InChI is InChI=1S/C18H35N3O2S/c1-4-19-17(20-12-8-11-16-9-6-5-7-10-16)21-13-14-24(22,23)18(2,3)15-21/h16H,4-15H2,1-3H3,(H,19,20). The van der Waals surface area contributed by atoms with Gasteiger partial charge >= 0.3 is 0 Å². The normalized spacial score (nSPS) is 24.8. The number of guanidine groups is 1. The first-order chi connectivity index (χ1) is 11.4. The van der Waals surface area contributed by atoms with Gasteiger partial charge in [-0.15, -0.1) is 0 Å². The predicted octanol–water partition coefficient (Wildman–Crippen LogP) is 2.82. The van der Waals surface area contributed by atoms with Crippen LogP contribution in [0.15, 0.2) is 4.99 Å². The highest BCUT2D eigenvalue weighted by Crippen LogP contribution is 2.27. The second kappa shape index (κ2) is 8.54. The first-order valence-electron chi connectivity index (χ1n) is 9.61. The number of hydrogen-bond donors (Lipinski definition) is 1. The molecular weight excluding hydrogens is 322 g/mol. The van der Waals surface area contributed by atoms with E-state index in [1.54, 1.807) is 0 Å². The van der Waals surface area contributed by atoms with Crippen LogP contribution < -0.4 is 5.32 Å². The quantitative estimate of drug-likeness (QED) is 0.467. The third-order valence-corrected chi connectivity index (χ3v) is 7.97. The van der Waals surface area contributed by atoms with Gasteiger partial charge in [0.05, 0.1) is 10.5 Å². The van der Waals surface area contributed by atoms with Gasteiger partial charge in [0, 0.05) is 26.2 Å². The SMILES string of the molecule is CCNC(=NCCCC1CCCCC1)N1CCS(=O)(=O)C(C)(C)C1. The molecule has 140 valence electrons. The van der Waals surface area contributed by atoms with Gasteiger partial charge in [0.25, 0.3) is 0 Å². The Kier molecular flexibility index (Phi) is 6.96. The molecule has 1 heterocycles. The molecule has 2 aliphatic rings. The average Bonchev–Trinajstić information content (AvgIpc) is 2.54. The minimum absolute atomic E-state index is 0.215. The van der Waals surface area contributed by atoms with Crippen LogP contribution in [0.5, 0.6) is 0 Å². The summed E-state index contributed by atoms with van der Waals surface area (Å²) in [5, 5.41) is 3.34. The van der Waals surface area contributed by atoms with Crippen molar-refractivity contribution in [3.63, 3.8) is 0 Å². The van der Waals surface area contributed by atoms with Gasteiger partial charge < -0.3 is 10.2 Å². The lowest BCUT2D eigenvalue weighted by atomic mass is 9.86. The van der Waals surface area contributed by atoms with Gasteiger partial charge in [0.2, 0.25) is 0 Å². The smallest absolute Gasteiger partial charge is 0.193 e. The van der Waals surface area contributed by atoms with Gasteiger partial charge in [-0.1, -0.05) is 32.1 Å². The minimum atomic E-state index is -3.01. The molecule has 6 heteroatoms. The van der Waals surface area contributed by atoms with Crippen molar-refractivity contribution in [1.29, 1.82) is 0 Å². The molecule has 0 spiro atoms. The summed E-state index contributed by atoms with van der Waals surface area (Å²) in [7, 11) is -3.01. The Morgan fingerprint density at radius 2 is 1.96 bits per heavy atom. The summed E-state index contributed by atoms with van der Waals surface area (Å²) in [4.78, 5) is 6.89. The van der Waals surface area contributed by atoms with Crippen LogP contribution in [0.2, 0.25) is 0 Å². The molecule has 0 aromatic carbocycles. The van der Waals surface area contributed by atoms with E-state index < -0.39 is 14.6 Å². The van der Waals surface area contributed by atoms with Crippen LogP contribution in [0.25, 0.3) is 0 Å². The molecule has 2 rings (SSSR count). The lowest BCUT2D eigenvalue weighted by Gasteiger charge is -2.39. The van der Waals surface area contributed by atoms with Gasteiger partial charge in [-0.3, -0.25) is 4.99 Å². The van der Waals surface area contributed by atoms with Crippen LogP contribution in [-0.2, 0) is 9.84 Å². The maximum atomic E-state index is 12.2. The Morgan fingerprint density at radius 1 is 1.25 bits per heavy atom. The average molecular weight is 358 g/mol. The Morgan fingerprint density at radius 3 is 2.58 bits per heavy atom. The molecule has 1 saturated heterocycles. The van der Waals surface area contributed by atoms with Crippen LogP contribution in [0.4, 0.5) is 0 Å². The molecule has 5 nitrogen and oxygen atoms in total. The summed E-state index contributed by atoms with van der Waals surface area (Å²) < 4.78 is 23.7. The highest BCUT2D eigenvalue weighted by atomic mass is 32.2. The number of aliphatic imine (C=N–C) groups is 1. The third kappa shape index (κ3) is 5.11. The largest absolute Gasteiger partial charge is 0.357 e. The van der Waals surface area contributed by atoms with Crippen molar-refractivity contribution >= 4 is 15.8 Å². The zero-order valence-electron chi connectivity index (χ0n) is 15.7. The van der Waals surface area contributed by atoms with Crippen LogP contribution in [-0.4, -0.2) is 56.0 Å². The molecule has 0 atom stereocenters. The molecule has 1 N–H and O–H groups in total. The van der Waals surface area contributed by atoms with Crippen molar-refractivity contribution in [3.8, 4) is 0 Å². The number of nitrogens with one attached hydrogen (secondary N) is 1. The topological polar surface area (TPSA) is 61.8 Å². The van der Waals surface area contributed by atoms with E-state index in [2.05, 4.69) is 17.1 Å². The van der Waals surface area contributed by atoms with Crippen LogP contribution in [0.1, 0.15) is 65.7 Å². The van der Waals surface area contributed by atoms with Crippen molar-refractivity contribution < 1.29 is 8.42 Å². The van der Waals surface area contributed by atoms with Crippen molar-refractivity contribution in [2.75, 3.05) is 31.9 Å². The van der Waals surface area contributed by atoms with E-state index in [9.17, 15) is 8.42 Å². The molecule has 2 fully saturated rings. The second-order valence-electron chi connectivity index (χ2n) is 7.88. The monoisotopic (exact) mass is 357 g/mol. The van der Waals surface area contributed by atoms with Crippen molar-refractivity contribution in [1.82, 2.24) is 10.2 Å². The number of rotatable bonds is 5. The third-order valence-electron chi connectivity index (χ3n) is 5.43. The van der Waals surface area contributed by atoms with E-state index in [0.717, 1.165) is 31.4 Å². The zero-order chi connectivity index (χ0) is 17.6. The minimum Gasteiger partial charge on any atom is -0.357 e. The Bertz CT molecular complexity index is 522. The number of sulfone groups is 1. The lowest BCUT2D eigenvalue weighted by molar-refractivity contribution is 0.332. The van der Waals surface area contributed by atoms with E-state index in [1.807, 2.05) is 13.8 Å². The lowest BCUT2D eigenvalue weighted by Crippen LogP contribution is -2.57. The molecule has 1 aliphatic heterocycles. The molecule has 0 aromatic heterocycles. The Hall–Kier alpha value is -0.780. The Labute approximate surface area is 148 Å². The molecular formula is C18H35N3O2S. The summed E-state index contributed by atoms with van der Waals surface area (Å²) in [5.74, 6) is 1.99. The summed E-state index contributed by atoms with van der Waals surface area (Å²) in [6.07, 6.45) is 9.40. The van der Waals surface area contributed by atoms with Crippen molar-refractivity contribution in [2.45, 2.75) is 70.5 Å². The summed E-state index contributed by atoms with van der Waals surface area (Å²) in [5.41, 5.74) is 0. The molecule has 1 aliphatic carbocycles. The van der Waals surface area contributed by atoms with Crippen LogP contribution in [0.3, 0.4) is 0 Å². The van der Waals surface area contributed by atoms with E-state index in [4.69, 9.17) is 4.99 Å². The summed E-state index contributed by atoms with van der Waals surface area (Å²) in [6.45, 7) is 8.41. The molecule has 0 aromatic rings. The van der Waals surface area contributed by atoms with E-state index >= 15 is 0 Å². The number of nitrogens with zero attached hydrogens (tertiary/aromatic N) is 2. The molecule has 1 saturated carbocycles. The van der Waals surface area contributed by atoms with Gasteiger partial charge in [-0.05, 0) is 39.5 Å². The van der Waals surface area contributed by atoms with E-state index in [-0.39, 0.29) is 5.75 Å². The van der Waals surface area contributed by atoms with Gasteiger partial charge in [-0.2, -0.15) is 0 Å². The summed E-state index contributed by atoms with van der Waals surface area (Å²) in [6, 6.07) is 0. The fourth-order valence-electron chi connectivity index (χ4n) is 3.79. The second-order valence-corrected chi connectivity index (χ2v) is 10.6. The molecule has 0 unspecified atom stereocenters. The van der Waals surface area contributed by atoms with E-state index in [0.29, 0.717) is 13.1 Å². The maximum Gasteiger partial charge on any atom is 0.193 e.